The van der Waals surface area contributed by atoms with Crippen LogP contribution in [0.3, 0.4) is 0 Å². The van der Waals surface area contributed by atoms with Crippen LogP contribution in [0.2, 0.25) is 0 Å². The Balaban J connectivity index is 2.26. The monoisotopic (exact) mass is 251 g/mol. The molecule has 3 heteroatoms. The van der Waals surface area contributed by atoms with Crippen LogP contribution in [0, 0.1) is 0 Å². The van der Waals surface area contributed by atoms with Crippen LogP contribution in [0.5, 0.6) is 5.88 Å². The number of imidazole rings is 1. The summed E-state index contributed by atoms with van der Waals surface area (Å²) in [5.74, 6) is 1.18. The van der Waals surface area contributed by atoms with Crippen molar-refractivity contribution in [1.29, 1.82) is 0 Å². The molecule has 1 N–H and O–H groups in total. The van der Waals surface area contributed by atoms with Crippen molar-refractivity contribution in [3.05, 3.63) is 66.9 Å². The van der Waals surface area contributed by atoms with Gasteiger partial charge in [-0.1, -0.05) is 36.4 Å². The van der Waals surface area contributed by atoms with Crippen molar-refractivity contribution in [3.63, 3.8) is 0 Å². The van der Waals surface area contributed by atoms with Gasteiger partial charge in [-0.3, -0.25) is 0 Å². The number of para-hydroxylation sites is 1. The SMILES string of the molecule is C[n+]1cc(O)n(-c2ccccc2)c1-c1ccccc1. The second-order valence-electron chi connectivity index (χ2n) is 4.46. The zero-order valence-electron chi connectivity index (χ0n) is 10.7. The molecular weight excluding hydrogens is 236 g/mol. The zero-order valence-corrected chi connectivity index (χ0v) is 10.7. The first kappa shape index (κ1) is 11.5. The Morgan fingerprint density at radius 2 is 1.47 bits per heavy atom. The van der Waals surface area contributed by atoms with Gasteiger partial charge >= 0.3 is 5.88 Å². The highest BCUT2D eigenvalue weighted by Crippen LogP contribution is 2.25. The van der Waals surface area contributed by atoms with E-state index in [4.69, 9.17) is 0 Å². The van der Waals surface area contributed by atoms with Crippen LogP contribution in [-0.4, -0.2) is 9.67 Å². The summed E-state index contributed by atoms with van der Waals surface area (Å²) in [4.78, 5) is 0. The molecule has 3 nitrogen and oxygen atoms in total. The van der Waals surface area contributed by atoms with E-state index in [1.54, 1.807) is 6.20 Å². The third kappa shape index (κ3) is 1.99. The molecule has 94 valence electrons. The fourth-order valence-electron chi connectivity index (χ4n) is 2.31. The van der Waals surface area contributed by atoms with Crippen LogP contribution < -0.4 is 4.57 Å². The normalized spacial score (nSPS) is 10.6. The van der Waals surface area contributed by atoms with Gasteiger partial charge in [0.1, 0.15) is 5.69 Å². The highest BCUT2D eigenvalue weighted by atomic mass is 16.3. The minimum Gasteiger partial charge on any atom is -0.475 e. The zero-order chi connectivity index (χ0) is 13.2. The Hall–Kier alpha value is -2.55. The molecule has 3 rings (SSSR count). The van der Waals surface area contributed by atoms with E-state index in [0.29, 0.717) is 0 Å². The van der Waals surface area contributed by atoms with Crippen LogP contribution in [0.25, 0.3) is 17.1 Å². The van der Waals surface area contributed by atoms with Crippen molar-refractivity contribution in [3.8, 4) is 23.0 Å². The Kier molecular flexibility index (Phi) is 2.80. The highest BCUT2D eigenvalue weighted by Gasteiger charge is 2.23. The molecule has 0 amide bonds. The van der Waals surface area contributed by atoms with E-state index in [-0.39, 0.29) is 5.88 Å². The van der Waals surface area contributed by atoms with Crippen molar-refractivity contribution < 1.29 is 9.67 Å². The lowest BCUT2D eigenvalue weighted by Gasteiger charge is -2.02. The Morgan fingerprint density at radius 3 is 2.11 bits per heavy atom. The second kappa shape index (κ2) is 4.61. The summed E-state index contributed by atoms with van der Waals surface area (Å²) < 4.78 is 3.77. The Morgan fingerprint density at radius 1 is 0.895 bits per heavy atom. The lowest BCUT2D eigenvalue weighted by molar-refractivity contribution is -0.659. The molecular formula is C16H15N2O+. The first-order valence-corrected chi connectivity index (χ1v) is 6.18. The molecule has 0 spiro atoms. The molecule has 0 radical (unpaired) electrons. The van der Waals surface area contributed by atoms with E-state index in [0.717, 1.165) is 17.1 Å². The van der Waals surface area contributed by atoms with E-state index < -0.39 is 0 Å². The molecule has 0 aliphatic carbocycles. The molecule has 0 aliphatic rings. The molecule has 0 saturated carbocycles. The van der Waals surface area contributed by atoms with Gasteiger partial charge in [0, 0.05) is 0 Å². The van der Waals surface area contributed by atoms with Crippen molar-refractivity contribution in [1.82, 2.24) is 4.57 Å². The standard InChI is InChI=1S/C16H14N2O/c1-17-12-15(19)18(14-10-6-3-7-11-14)16(17)13-8-4-2-5-9-13/h2-12H,1H3/p+1. The molecule has 0 aliphatic heterocycles. The van der Waals surface area contributed by atoms with Gasteiger partial charge in [0.2, 0.25) is 0 Å². The summed E-state index contributed by atoms with van der Waals surface area (Å²) in [5, 5.41) is 10.2. The fraction of sp³-hybridized carbons (Fsp3) is 0.0625. The predicted octanol–water partition coefficient (Wildman–Crippen LogP) is 2.67. The topological polar surface area (TPSA) is 29.0 Å². The average Bonchev–Trinajstić information content (AvgIpc) is 2.75. The largest absolute Gasteiger partial charge is 0.475 e. The van der Waals surface area contributed by atoms with Crippen LogP contribution in [0.4, 0.5) is 0 Å². The molecule has 0 fully saturated rings. The van der Waals surface area contributed by atoms with E-state index in [9.17, 15) is 5.11 Å². The number of aromatic nitrogens is 2. The van der Waals surface area contributed by atoms with Gasteiger partial charge in [0.15, 0.2) is 6.20 Å². The molecule has 2 aromatic carbocycles. The third-order valence-electron chi connectivity index (χ3n) is 3.13. The number of hydrogen-bond acceptors (Lipinski definition) is 1. The second-order valence-corrected chi connectivity index (χ2v) is 4.46. The van der Waals surface area contributed by atoms with Crippen molar-refractivity contribution in [2.75, 3.05) is 0 Å². The lowest BCUT2D eigenvalue weighted by Crippen LogP contribution is -2.28. The molecule has 0 unspecified atom stereocenters. The number of nitrogens with zero attached hydrogens (tertiary/aromatic N) is 2. The van der Waals surface area contributed by atoms with Crippen LogP contribution in [0.1, 0.15) is 0 Å². The quantitative estimate of drug-likeness (QED) is 0.697. The lowest BCUT2D eigenvalue weighted by atomic mass is 10.2. The molecule has 0 atom stereocenters. The van der Waals surface area contributed by atoms with Gasteiger partial charge in [0.25, 0.3) is 5.82 Å². The first-order valence-electron chi connectivity index (χ1n) is 6.18. The molecule has 1 aromatic heterocycles. The van der Waals surface area contributed by atoms with Crippen LogP contribution in [0.15, 0.2) is 66.9 Å². The Bertz CT molecular complexity index is 628. The van der Waals surface area contributed by atoms with E-state index in [1.807, 2.05) is 76.8 Å². The van der Waals surface area contributed by atoms with E-state index >= 15 is 0 Å². The van der Waals surface area contributed by atoms with Gasteiger partial charge in [-0.2, -0.15) is 4.57 Å². The van der Waals surface area contributed by atoms with E-state index in [1.165, 1.54) is 0 Å². The van der Waals surface area contributed by atoms with Gasteiger partial charge in [0.05, 0.1) is 12.6 Å². The third-order valence-corrected chi connectivity index (χ3v) is 3.13. The van der Waals surface area contributed by atoms with Crippen molar-refractivity contribution in [2.45, 2.75) is 0 Å². The average molecular weight is 251 g/mol. The number of aromatic hydroxyl groups is 1. The predicted molar refractivity (Wildman–Crippen MR) is 74.0 cm³/mol. The van der Waals surface area contributed by atoms with Gasteiger partial charge < -0.3 is 5.11 Å². The summed E-state index contributed by atoms with van der Waals surface area (Å²) in [5.41, 5.74) is 2.01. The molecule has 19 heavy (non-hydrogen) atoms. The van der Waals surface area contributed by atoms with E-state index in [2.05, 4.69) is 0 Å². The van der Waals surface area contributed by atoms with Crippen molar-refractivity contribution >= 4 is 0 Å². The number of aryl methyl sites for hydroxylation is 1. The smallest absolute Gasteiger partial charge is 0.327 e. The summed E-state index contributed by atoms with van der Waals surface area (Å²) in [7, 11) is 1.93. The summed E-state index contributed by atoms with van der Waals surface area (Å²) in [6, 6.07) is 19.9. The maximum absolute atomic E-state index is 10.2. The van der Waals surface area contributed by atoms with Crippen molar-refractivity contribution in [2.24, 2.45) is 7.05 Å². The number of benzene rings is 2. The molecule has 1 heterocycles. The minimum absolute atomic E-state index is 0.229. The number of hydrogen-bond donors (Lipinski definition) is 1. The van der Waals surface area contributed by atoms with Crippen LogP contribution >= 0.6 is 0 Å². The fourth-order valence-corrected chi connectivity index (χ4v) is 2.31. The molecule has 0 bridgehead atoms. The first-order chi connectivity index (χ1) is 9.27. The summed E-state index contributed by atoms with van der Waals surface area (Å²) in [6.45, 7) is 0. The summed E-state index contributed by atoms with van der Waals surface area (Å²) >= 11 is 0. The van der Waals surface area contributed by atoms with Crippen LogP contribution in [-0.2, 0) is 7.05 Å². The van der Waals surface area contributed by atoms with Gasteiger partial charge in [-0.05, 0) is 24.3 Å². The summed E-state index contributed by atoms with van der Waals surface area (Å²) in [6.07, 6.45) is 1.72. The Labute approximate surface area is 112 Å². The minimum atomic E-state index is 0.229. The maximum Gasteiger partial charge on any atom is 0.327 e. The molecule has 3 aromatic rings. The molecule has 0 saturated heterocycles. The maximum atomic E-state index is 10.2. The van der Waals surface area contributed by atoms with Gasteiger partial charge in [-0.25, -0.2) is 4.57 Å². The number of rotatable bonds is 2. The van der Waals surface area contributed by atoms with Gasteiger partial charge in [-0.15, -0.1) is 0 Å². The highest BCUT2D eigenvalue weighted by molar-refractivity contribution is 5.57.